The highest BCUT2D eigenvalue weighted by Gasteiger charge is 2.12. The van der Waals surface area contributed by atoms with Crippen molar-refractivity contribution in [3.05, 3.63) is 34.6 Å². The molecule has 2 aromatic rings. The Morgan fingerprint density at radius 2 is 2.25 bits per heavy atom. The van der Waals surface area contributed by atoms with Gasteiger partial charge in [0.25, 0.3) is 5.91 Å². The number of nitrogens with one attached hydrogen (secondary N) is 1. The summed E-state index contributed by atoms with van der Waals surface area (Å²) < 4.78 is 0. The molecule has 0 fully saturated rings. The van der Waals surface area contributed by atoms with E-state index in [1.807, 2.05) is 0 Å². The summed E-state index contributed by atoms with van der Waals surface area (Å²) in [4.78, 5) is 15.0. The molecule has 0 atom stereocenters. The molecule has 2 aromatic heterocycles. The van der Waals surface area contributed by atoms with Gasteiger partial charge in [0.05, 0.1) is 16.4 Å². The van der Waals surface area contributed by atoms with E-state index < -0.39 is 5.91 Å². The Morgan fingerprint density at radius 1 is 1.50 bits per heavy atom. The second kappa shape index (κ2) is 3.94. The molecule has 5 nitrogen and oxygen atoms in total. The van der Waals surface area contributed by atoms with Crippen LogP contribution in [0.3, 0.4) is 0 Å². The minimum atomic E-state index is -0.578. The molecule has 1 amide bonds. The summed E-state index contributed by atoms with van der Waals surface area (Å²) in [6.07, 6.45) is 0. The SMILES string of the molecule is Cc1[nH]nc(-c2cccc(C(N)=O)n2)c1Cl. The van der Waals surface area contributed by atoms with Gasteiger partial charge in [-0.1, -0.05) is 17.7 Å². The standard InChI is InChI=1S/C10H9ClN4O/c1-5-8(11)9(15-14-5)6-3-2-4-7(13-6)10(12)16/h2-4H,1H3,(H2,12,16)(H,14,15). The third-order valence-electron chi connectivity index (χ3n) is 2.12. The summed E-state index contributed by atoms with van der Waals surface area (Å²) in [5.74, 6) is -0.578. The molecule has 0 bridgehead atoms. The topological polar surface area (TPSA) is 84.7 Å². The predicted molar refractivity (Wildman–Crippen MR) is 60.1 cm³/mol. The van der Waals surface area contributed by atoms with Gasteiger partial charge >= 0.3 is 0 Å². The maximum Gasteiger partial charge on any atom is 0.267 e. The van der Waals surface area contributed by atoms with E-state index in [9.17, 15) is 4.79 Å². The second-order valence-corrected chi connectivity index (χ2v) is 3.66. The zero-order valence-corrected chi connectivity index (χ0v) is 9.25. The Morgan fingerprint density at radius 3 is 2.81 bits per heavy atom. The van der Waals surface area contributed by atoms with Gasteiger partial charge in [-0.05, 0) is 19.1 Å². The van der Waals surface area contributed by atoms with E-state index in [4.69, 9.17) is 17.3 Å². The van der Waals surface area contributed by atoms with E-state index in [1.54, 1.807) is 25.1 Å². The average Bonchev–Trinajstić information content (AvgIpc) is 2.60. The second-order valence-electron chi connectivity index (χ2n) is 3.28. The molecular formula is C10H9ClN4O. The van der Waals surface area contributed by atoms with Crippen molar-refractivity contribution in [3.63, 3.8) is 0 Å². The summed E-state index contributed by atoms with van der Waals surface area (Å²) in [5, 5.41) is 7.25. The fourth-order valence-electron chi connectivity index (χ4n) is 1.29. The highest BCUT2D eigenvalue weighted by atomic mass is 35.5. The Balaban J connectivity index is 2.52. The highest BCUT2D eigenvalue weighted by Crippen LogP contribution is 2.26. The van der Waals surface area contributed by atoms with Crippen molar-refractivity contribution < 1.29 is 4.79 Å². The third kappa shape index (κ3) is 1.77. The highest BCUT2D eigenvalue weighted by molar-refractivity contribution is 6.33. The Kier molecular flexibility index (Phi) is 2.62. The van der Waals surface area contributed by atoms with Crippen LogP contribution in [0.2, 0.25) is 5.02 Å². The molecule has 82 valence electrons. The number of primary amides is 1. The molecule has 0 spiro atoms. The van der Waals surface area contributed by atoms with Crippen LogP contribution in [0.15, 0.2) is 18.2 Å². The van der Waals surface area contributed by atoms with Crippen molar-refractivity contribution in [1.29, 1.82) is 0 Å². The van der Waals surface area contributed by atoms with Crippen molar-refractivity contribution in [3.8, 4) is 11.4 Å². The van der Waals surface area contributed by atoms with Crippen molar-refractivity contribution in [2.45, 2.75) is 6.92 Å². The quantitative estimate of drug-likeness (QED) is 0.829. The van der Waals surface area contributed by atoms with Gasteiger partial charge < -0.3 is 5.73 Å². The number of aryl methyl sites for hydroxylation is 1. The van der Waals surface area contributed by atoms with Crippen LogP contribution in [0.25, 0.3) is 11.4 Å². The Bertz CT molecular complexity index is 550. The number of carbonyl (C=O) groups is 1. The summed E-state index contributed by atoms with van der Waals surface area (Å²) in [5.41, 5.74) is 7.12. The fraction of sp³-hybridized carbons (Fsp3) is 0.100. The minimum absolute atomic E-state index is 0.189. The average molecular weight is 237 g/mol. The molecule has 2 rings (SSSR count). The molecule has 0 saturated carbocycles. The number of rotatable bonds is 2. The first-order chi connectivity index (χ1) is 7.59. The van der Waals surface area contributed by atoms with Crippen molar-refractivity contribution in [2.24, 2.45) is 5.73 Å². The largest absolute Gasteiger partial charge is 0.364 e. The number of carbonyl (C=O) groups excluding carboxylic acids is 1. The van der Waals surface area contributed by atoms with Crippen LogP contribution in [0.5, 0.6) is 0 Å². The summed E-state index contributed by atoms with van der Waals surface area (Å²) in [7, 11) is 0. The molecule has 16 heavy (non-hydrogen) atoms. The Labute approximate surface area is 96.6 Å². The monoisotopic (exact) mass is 236 g/mol. The molecule has 0 radical (unpaired) electrons. The summed E-state index contributed by atoms with van der Waals surface area (Å²) in [6.45, 7) is 1.80. The number of hydrogen-bond acceptors (Lipinski definition) is 3. The molecule has 6 heteroatoms. The molecule has 3 N–H and O–H groups in total. The number of amides is 1. The number of hydrogen-bond donors (Lipinski definition) is 2. The van der Waals surface area contributed by atoms with Gasteiger partial charge in [-0.25, -0.2) is 4.98 Å². The van der Waals surface area contributed by atoms with Crippen LogP contribution >= 0.6 is 11.6 Å². The van der Waals surface area contributed by atoms with Crippen LogP contribution < -0.4 is 5.73 Å². The number of nitrogens with zero attached hydrogens (tertiary/aromatic N) is 2. The van der Waals surface area contributed by atoms with Crippen LogP contribution in [0.1, 0.15) is 16.2 Å². The molecular weight excluding hydrogens is 228 g/mol. The van der Waals surface area contributed by atoms with E-state index in [2.05, 4.69) is 15.2 Å². The molecule has 0 saturated heterocycles. The lowest BCUT2D eigenvalue weighted by Gasteiger charge is -1.99. The number of aromatic nitrogens is 3. The van der Waals surface area contributed by atoms with Gasteiger partial charge in [0.15, 0.2) is 0 Å². The third-order valence-corrected chi connectivity index (χ3v) is 2.58. The van der Waals surface area contributed by atoms with Crippen LogP contribution in [-0.4, -0.2) is 21.1 Å². The van der Waals surface area contributed by atoms with Gasteiger partial charge in [-0.3, -0.25) is 9.89 Å². The van der Waals surface area contributed by atoms with Gasteiger partial charge in [0.1, 0.15) is 11.4 Å². The lowest BCUT2D eigenvalue weighted by atomic mass is 10.2. The van der Waals surface area contributed by atoms with Gasteiger partial charge in [-0.2, -0.15) is 5.10 Å². The number of H-pyrrole nitrogens is 1. The van der Waals surface area contributed by atoms with E-state index >= 15 is 0 Å². The number of halogens is 1. The first-order valence-corrected chi connectivity index (χ1v) is 4.95. The maximum atomic E-state index is 11.0. The number of nitrogens with two attached hydrogens (primary N) is 1. The van der Waals surface area contributed by atoms with E-state index in [-0.39, 0.29) is 5.69 Å². The smallest absolute Gasteiger partial charge is 0.267 e. The van der Waals surface area contributed by atoms with Crippen LogP contribution in [0.4, 0.5) is 0 Å². The number of pyridine rings is 1. The maximum absolute atomic E-state index is 11.0. The molecule has 0 unspecified atom stereocenters. The zero-order chi connectivity index (χ0) is 11.7. The lowest BCUT2D eigenvalue weighted by molar-refractivity contribution is 0.0995. The zero-order valence-electron chi connectivity index (χ0n) is 8.49. The minimum Gasteiger partial charge on any atom is -0.364 e. The van der Waals surface area contributed by atoms with Crippen LogP contribution in [-0.2, 0) is 0 Å². The van der Waals surface area contributed by atoms with Crippen molar-refractivity contribution >= 4 is 17.5 Å². The first kappa shape index (κ1) is 10.6. The van der Waals surface area contributed by atoms with Crippen molar-refractivity contribution in [1.82, 2.24) is 15.2 Å². The molecule has 2 heterocycles. The molecule has 0 aromatic carbocycles. The van der Waals surface area contributed by atoms with Gasteiger partial charge in [-0.15, -0.1) is 0 Å². The molecule has 0 aliphatic heterocycles. The first-order valence-electron chi connectivity index (χ1n) is 4.57. The predicted octanol–water partition coefficient (Wildman–Crippen LogP) is 1.53. The van der Waals surface area contributed by atoms with Crippen LogP contribution in [0, 0.1) is 6.92 Å². The molecule has 0 aliphatic carbocycles. The fourth-order valence-corrected chi connectivity index (χ4v) is 1.47. The summed E-state index contributed by atoms with van der Waals surface area (Å²) in [6, 6.07) is 4.94. The van der Waals surface area contributed by atoms with Gasteiger partial charge in [0, 0.05) is 0 Å². The number of aromatic amines is 1. The van der Waals surface area contributed by atoms with E-state index in [1.165, 1.54) is 0 Å². The molecule has 0 aliphatic rings. The van der Waals surface area contributed by atoms with Gasteiger partial charge in [0.2, 0.25) is 0 Å². The Hall–Kier alpha value is -1.88. The lowest BCUT2D eigenvalue weighted by Crippen LogP contribution is -2.13. The summed E-state index contributed by atoms with van der Waals surface area (Å²) >= 11 is 6.03. The van der Waals surface area contributed by atoms with E-state index in [0.29, 0.717) is 16.4 Å². The van der Waals surface area contributed by atoms with Crippen molar-refractivity contribution in [2.75, 3.05) is 0 Å². The van der Waals surface area contributed by atoms with E-state index in [0.717, 1.165) is 5.69 Å². The normalized spacial score (nSPS) is 10.4.